The highest BCUT2D eigenvalue weighted by atomic mass is 19.1. The Kier molecular flexibility index (Phi) is 6.69. The average Bonchev–Trinajstić information content (AvgIpc) is 2.82. The number of pyridine rings is 2. The van der Waals surface area contributed by atoms with Gasteiger partial charge in [-0.05, 0) is 38.1 Å². The van der Waals surface area contributed by atoms with Crippen LogP contribution in [0.2, 0.25) is 0 Å². The van der Waals surface area contributed by atoms with E-state index in [0.717, 1.165) is 0 Å². The van der Waals surface area contributed by atoms with Crippen LogP contribution in [0.3, 0.4) is 0 Å². The quantitative estimate of drug-likeness (QED) is 0.680. The predicted octanol–water partition coefficient (Wildman–Crippen LogP) is 1.83. The summed E-state index contributed by atoms with van der Waals surface area (Å²) in [6, 6.07) is 4.54. The highest BCUT2D eigenvalue weighted by molar-refractivity contribution is 6.20. The van der Waals surface area contributed by atoms with Gasteiger partial charge in [0.05, 0.1) is 18.8 Å². The molecule has 4 heterocycles. The summed E-state index contributed by atoms with van der Waals surface area (Å²) in [4.78, 5) is 30.2. The predicted molar refractivity (Wildman–Crippen MR) is 118 cm³/mol. The second kappa shape index (κ2) is 9.82. The van der Waals surface area contributed by atoms with Crippen LogP contribution in [0.25, 0.3) is 0 Å². The summed E-state index contributed by atoms with van der Waals surface area (Å²) in [5.41, 5.74) is -0.831. The van der Waals surface area contributed by atoms with E-state index < -0.39 is 23.5 Å². The van der Waals surface area contributed by atoms with Crippen LogP contribution < -0.4 is 20.1 Å². The number of aromatic nitrogens is 2. The number of carbonyl (C=O) groups excluding carboxylic acids is 1. The molecule has 10 heteroatoms. The summed E-state index contributed by atoms with van der Waals surface area (Å²) in [6.45, 7) is 3.50. The Morgan fingerprint density at radius 1 is 1.34 bits per heavy atom. The third kappa shape index (κ3) is 4.59. The number of alkyl halides is 1. The third-order valence-corrected chi connectivity index (χ3v) is 5.28. The van der Waals surface area contributed by atoms with Crippen molar-refractivity contribution in [1.29, 1.82) is 0 Å². The average molecular weight is 440 g/mol. The van der Waals surface area contributed by atoms with Gasteiger partial charge in [-0.3, -0.25) is 19.8 Å². The van der Waals surface area contributed by atoms with Crippen molar-refractivity contribution in [2.75, 3.05) is 26.4 Å². The Hall–Kier alpha value is -3.40. The van der Waals surface area contributed by atoms with Crippen molar-refractivity contribution in [3.8, 4) is 17.4 Å². The molecule has 2 N–H and O–H groups in total. The first-order valence-electron chi connectivity index (χ1n) is 10.5. The molecule has 0 bridgehead atoms. The van der Waals surface area contributed by atoms with E-state index in [1.807, 2.05) is 6.92 Å². The summed E-state index contributed by atoms with van der Waals surface area (Å²) in [7, 11) is 0. The lowest BCUT2D eigenvalue weighted by atomic mass is 9.81. The fourth-order valence-corrected chi connectivity index (χ4v) is 3.63. The highest BCUT2D eigenvalue weighted by Gasteiger charge is 2.41. The van der Waals surface area contributed by atoms with Gasteiger partial charge in [-0.25, -0.2) is 9.37 Å². The minimum absolute atomic E-state index is 0.223. The molecule has 0 spiro atoms. The second-order valence-electron chi connectivity index (χ2n) is 7.47. The molecule has 2 aliphatic heterocycles. The third-order valence-electron chi connectivity index (χ3n) is 5.28. The minimum atomic E-state index is -1.32. The summed E-state index contributed by atoms with van der Waals surface area (Å²) in [6.07, 6.45) is 6.91. The lowest BCUT2D eigenvalue weighted by Crippen LogP contribution is -2.58. The fraction of sp³-hybridized carbons (Fsp3) is 0.409. The normalized spacial score (nSPS) is 21.7. The lowest BCUT2D eigenvalue weighted by Gasteiger charge is -2.32. The van der Waals surface area contributed by atoms with Crippen LogP contribution in [0.15, 0.2) is 46.8 Å². The largest absolute Gasteiger partial charge is 0.488 e. The number of piperidine rings is 1. The Labute approximate surface area is 185 Å². The number of ether oxygens (including phenoxy) is 2. The van der Waals surface area contributed by atoms with E-state index in [2.05, 4.69) is 30.6 Å². The zero-order chi connectivity index (χ0) is 22.4. The van der Waals surface area contributed by atoms with Gasteiger partial charge in [-0.15, -0.1) is 0 Å². The zero-order valence-electron chi connectivity index (χ0n) is 17.7. The summed E-state index contributed by atoms with van der Waals surface area (Å²) in [5.74, 6) is 0.719. The number of amides is 1. The van der Waals surface area contributed by atoms with E-state index in [9.17, 15) is 9.18 Å². The molecule has 0 aromatic carbocycles. The molecule has 1 saturated heterocycles. The minimum Gasteiger partial charge on any atom is -0.488 e. The maximum atomic E-state index is 14.3. The number of halogens is 1. The SMILES string of the molecule is CCOc1cccnc1Oc1cncc(C2(C(=O)N[C@@H]3CNCC[C@H]3F)C=NCN=C2)c1. The molecule has 1 amide bonds. The monoisotopic (exact) mass is 440 g/mol. The molecule has 2 aromatic rings. The van der Waals surface area contributed by atoms with Crippen LogP contribution in [-0.4, -0.2) is 66.9 Å². The maximum Gasteiger partial charge on any atom is 0.262 e. The first-order valence-corrected chi connectivity index (χ1v) is 10.5. The van der Waals surface area contributed by atoms with Crippen molar-refractivity contribution in [3.05, 3.63) is 42.4 Å². The Balaban J connectivity index is 1.62. The van der Waals surface area contributed by atoms with E-state index in [-0.39, 0.29) is 12.5 Å². The smallest absolute Gasteiger partial charge is 0.262 e. The van der Waals surface area contributed by atoms with Crippen molar-refractivity contribution in [1.82, 2.24) is 20.6 Å². The standard InChI is InChI=1S/C22H25FN6O3/c1-2-31-19-4-3-6-28-20(19)32-16-8-15(9-25-10-16)22(12-26-14-27-13-22)21(30)29-18-11-24-7-5-17(18)23/h3-4,6,8-10,12-13,17-18,24H,2,5,7,11,14H2,1H3,(H,29,30)/t17-,18-/m1/s1. The topological polar surface area (TPSA) is 110 Å². The summed E-state index contributed by atoms with van der Waals surface area (Å²) >= 11 is 0. The zero-order valence-corrected chi connectivity index (χ0v) is 17.7. The van der Waals surface area contributed by atoms with Gasteiger partial charge >= 0.3 is 0 Å². The van der Waals surface area contributed by atoms with Gasteiger partial charge in [0, 0.05) is 36.9 Å². The molecular weight excluding hydrogens is 415 g/mol. The van der Waals surface area contributed by atoms with E-state index in [1.54, 1.807) is 30.6 Å². The number of nitrogens with zero attached hydrogens (tertiary/aromatic N) is 4. The molecule has 2 atom stereocenters. The van der Waals surface area contributed by atoms with Crippen molar-refractivity contribution in [3.63, 3.8) is 0 Å². The molecule has 1 fully saturated rings. The molecule has 4 rings (SSSR count). The molecule has 2 aliphatic rings. The molecule has 0 unspecified atom stereocenters. The van der Waals surface area contributed by atoms with Gasteiger partial charge in [0.1, 0.15) is 24.0 Å². The molecule has 32 heavy (non-hydrogen) atoms. The number of aliphatic imine (C=N–C) groups is 2. The van der Waals surface area contributed by atoms with Gasteiger partial charge in [0.15, 0.2) is 5.75 Å². The van der Waals surface area contributed by atoms with Crippen molar-refractivity contribution >= 4 is 18.3 Å². The molecule has 0 radical (unpaired) electrons. The first-order chi connectivity index (χ1) is 15.6. The summed E-state index contributed by atoms with van der Waals surface area (Å²) in [5, 5.41) is 5.92. The Morgan fingerprint density at radius 3 is 2.97 bits per heavy atom. The van der Waals surface area contributed by atoms with Crippen molar-refractivity contribution in [2.24, 2.45) is 9.98 Å². The van der Waals surface area contributed by atoms with Gasteiger partial charge in [0.2, 0.25) is 5.91 Å². The number of hydrogen-bond donors (Lipinski definition) is 2. The molecular formula is C22H25FN6O3. The van der Waals surface area contributed by atoms with E-state index >= 15 is 0 Å². The van der Waals surface area contributed by atoms with Crippen molar-refractivity contribution in [2.45, 2.75) is 31.0 Å². The van der Waals surface area contributed by atoms with Crippen LogP contribution >= 0.6 is 0 Å². The van der Waals surface area contributed by atoms with Crippen LogP contribution in [-0.2, 0) is 10.2 Å². The summed E-state index contributed by atoms with van der Waals surface area (Å²) < 4.78 is 25.8. The van der Waals surface area contributed by atoms with E-state index in [0.29, 0.717) is 43.2 Å². The Morgan fingerprint density at radius 2 is 2.19 bits per heavy atom. The number of nitrogens with one attached hydrogen (secondary N) is 2. The lowest BCUT2D eigenvalue weighted by molar-refractivity contribution is -0.123. The number of hydrogen-bond acceptors (Lipinski definition) is 8. The molecule has 0 saturated carbocycles. The van der Waals surface area contributed by atoms with Gasteiger partial charge in [0.25, 0.3) is 5.88 Å². The van der Waals surface area contributed by atoms with E-state index in [1.165, 1.54) is 18.6 Å². The fourth-order valence-electron chi connectivity index (χ4n) is 3.63. The van der Waals surface area contributed by atoms with E-state index in [4.69, 9.17) is 9.47 Å². The molecule has 2 aromatic heterocycles. The van der Waals surface area contributed by atoms with Gasteiger partial charge in [-0.2, -0.15) is 0 Å². The molecule has 9 nitrogen and oxygen atoms in total. The van der Waals surface area contributed by atoms with Crippen LogP contribution in [0.5, 0.6) is 17.4 Å². The molecule has 168 valence electrons. The van der Waals surface area contributed by atoms with Gasteiger partial charge < -0.3 is 20.1 Å². The van der Waals surface area contributed by atoms with Gasteiger partial charge in [-0.1, -0.05) is 0 Å². The number of carbonyl (C=O) groups is 1. The number of rotatable bonds is 7. The molecule has 0 aliphatic carbocycles. The van der Waals surface area contributed by atoms with Crippen LogP contribution in [0.1, 0.15) is 18.9 Å². The first kappa shape index (κ1) is 21.8. The Bertz CT molecular complexity index is 1000. The van der Waals surface area contributed by atoms with Crippen LogP contribution in [0, 0.1) is 0 Å². The second-order valence-corrected chi connectivity index (χ2v) is 7.47. The highest BCUT2D eigenvalue weighted by Crippen LogP contribution is 2.31. The maximum absolute atomic E-state index is 14.3. The van der Waals surface area contributed by atoms with Crippen molar-refractivity contribution < 1.29 is 18.7 Å². The van der Waals surface area contributed by atoms with Crippen LogP contribution in [0.4, 0.5) is 4.39 Å².